The van der Waals surface area contributed by atoms with Crippen molar-refractivity contribution >= 4 is 23.1 Å². The largest absolute Gasteiger partial charge is 0.392 e. The topological polar surface area (TPSA) is 64.2 Å². The van der Waals surface area contributed by atoms with Crippen LogP contribution in [-0.2, 0) is 7.05 Å². The lowest BCUT2D eigenvalue weighted by Crippen LogP contribution is -2.44. The molecule has 1 heterocycles. The maximum atomic E-state index is 12.7. The van der Waals surface area contributed by atoms with Crippen molar-refractivity contribution < 1.29 is 4.79 Å². The number of nitrogens with two attached hydrogens (primary N) is 1. The molecule has 1 fully saturated rings. The third-order valence-electron chi connectivity index (χ3n) is 3.57. The van der Waals surface area contributed by atoms with Crippen molar-refractivity contribution in [1.29, 1.82) is 0 Å². The normalized spacial score (nSPS) is 15.7. The van der Waals surface area contributed by atoms with Gasteiger partial charge in [-0.05, 0) is 25.8 Å². The van der Waals surface area contributed by atoms with Gasteiger partial charge in [-0.2, -0.15) is 5.10 Å². The predicted octanol–water partition coefficient (Wildman–Crippen LogP) is 1.40. The van der Waals surface area contributed by atoms with E-state index in [1.165, 1.54) is 0 Å². The summed E-state index contributed by atoms with van der Waals surface area (Å²) < 4.78 is 1.62. The number of thiocarbonyl (C=S) groups is 1. The molecule has 0 saturated heterocycles. The van der Waals surface area contributed by atoms with Gasteiger partial charge in [-0.1, -0.05) is 25.1 Å². The van der Waals surface area contributed by atoms with Crippen molar-refractivity contribution in [1.82, 2.24) is 14.7 Å². The van der Waals surface area contributed by atoms with Gasteiger partial charge in [0.05, 0.1) is 17.2 Å². The fourth-order valence-corrected chi connectivity index (χ4v) is 2.85. The molecule has 2 N–H and O–H groups in total. The summed E-state index contributed by atoms with van der Waals surface area (Å²) in [6.07, 6.45) is 4.39. The monoisotopic (exact) mass is 280 g/mol. The lowest BCUT2D eigenvalue weighted by molar-refractivity contribution is 0.0703. The van der Waals surface area contributed by atoms with E-state index in [-0.39, 0.29) is 11.9 Å². The molecule has 19 heavy (non-hydrogen) atoms. The van der Waals surface area contributed by atoms with Crippen molar-refractivity contribution in [3.63, 3.8) is 0 Å². The molecule has 1 aromatic heterocycles. The van der Waals surface area contributed by atoms with E-state index in [0.29, 0.717) is 17.2 Å². The average molecular weight is 280 g/mol. The average Bonchev–Trinajstić information content (AvgIpc) is 2.94. The number of rotatable bonds is 4. The first-order valence-electron chi connectivity index (χ1n) is 6.59. The molecule has 0 aliphatic heterocycles. The summed E-state index contributed by atoms with van der Waals surface area (Å²) in [6.45, 7) is 2.23. The Morgan fingerprint density at radius 2 is 2.21 bits per heavy atom. The minimum absolute atomic E-state index is 0.0252. The number of carbonyl (C=O) groups excluding carboxylic acids is 1. The van der Waals surface area contributed by atoms with Gasteiger partial charge < -0.3 is 10.6 Å². The minimum Gasteiger partial charge on any atom is -0.392 e. The van der Waals surface area contributed by atoms with E-state index in [2.05, 4.69) is 5.10 Å². The summed E-state index contributed by atoms with van der Waals surface area (Å²) in [5.74, 6) is -0.0252. The van der Waals surface area contributed by atoms with E-state index in [1.807, 2.05) is 17.9 Å². The van der Waals surface area contributed by atoms with E-state index in [1.54, 1.807) is 11.7 Å². The summed E-state index contributed by atoms with van der Waals surface area (Å²) in [7, 11) is 1.79. The molecule has 1 aliphatic carbocycles. The Labute approximate surface area is 118 Å². The molecule has 2 rings (SSSR count). The molecule has 6 heteroatoms. The standard InChI is InChI=1S/C13H20N4OS/c1-9-7-11(16(2)15-9)13(18)17(8-12(14)19)10-5-3-4-6-10/h7,10H,3-6,8H2,1-2H3,(H2,14,19). The van der Waals surface area contributed by atoms with Gasteiger partial charge in [-0.3, -0.25) is 9.48 Å². The first kappa shape index (κ1) is 14.0. The number of amides is 1. The Balaban J connectivity index is 2.24. The Hall–Kier alpha value is -1.43. The number of hydrogen-bond acceptors (Lipinski definition) is 3. The van der Waals surface area contributed by atoms with Crippen molar-refractivity contribution in [2.45, 2.75) is 38.6 Å². The zero-order valence-electron chi connectivity index (χ0n) is 11.4. The summed E-state index contributed by atoms with van der Waals surface area (Å²) in [5.41, 5.74) is 7.07. The highest BCUT2D eigenvalue weighted by atomic mass is 32.1. The molecular weight excluding hydrogens is 260 g/mol. The molecule has 1 aliphatic rings. The maximum Gasteiger partial charge on any atom is 0.272 e. The van der Waals surface area contributed by atoms with Crippen molar-refractivity contribution in [2.75, 3.05) is 6.54 Å². The van der Waals surface area contributed by atoms with Gasteiger partial charge in [0, 0.05) is 13.1 Å². The second-order valence-corrected chi connectivity index (χ2v) is 5.66. The van der Waals surface area contributed by atoms with Crippen LogP contribution in [0.2, 0.25) is 0 Å². The van der Waals surface area contributed by atoms with Gasteiger partial charge in [-0.15, -0.1) is 0 Å². The number of carbonyl (C=O) groups is 1. The first-order chi connectivity index (χ1) is 8.99. The van der Waals surface area contributed by atoms with Crippen LogP contribution in [0.4, 0.5) is 0 Å². The van der Waals surface area contributed by atoms with Gasteiger partial charge in [0.1, 0.15) is 5.69 Å². The molecule has 5 nitrogen and oxygen atoms in total. The summed E-state index contributed by atoms with van der Waals surface area (Å²) >= 11 is 4.98. The Bertz CT molecular complexity index is 491. The fraction of sp³-hybridized carbons (Fsp3) is 0.615. The van der Waals surface area contributed by atoms with Gasteiger partial charge in [0.2, 0.25) is 0 Å². The molecule has 1 saturated carbocycles. The van der Waals surface area contributed by atoms with Gasteiger partial charge in [0.15, 0.2) is 0 Å². The molecule has 0 bridgehead atoms. The van der Waals surface area contributed by atoms with Crippen LogP contribution in [0.3, 0.4) is 0 Å². The summed E-state index contributed by atoms with van der Waals surface area (Å²) in [6, 6.07) is 2.06. The Morgan fingerprint density at radius 1 is 1.58 bits per heavy atom. The quantitative estimate of drug-likeness (QED) is 0.847. The van der Waals surface area contributed by atoms with Gasteiger partial charge >= 0.3 is 0 Å². The van der Waals surface area contributed by atoms with Crippen LogP contribution in [0.25, 0.3) is 0 Å². The molecule has 0 spiro atoms. The second kappa shape index (κ2) is 5.69. The van der Waals surface area contributed by atoms with Crippen LogP contribution < -0.4 is 5.73 Å². The lowest BCUT2D eigenvalue weighted by Gasteiger charge is -2.28. The van der Waals surface area contributed by atoms with E-state index in [4.69, 9.17) is 18.0 Å². The van der Waals surface area contributed by atoms with Crippen molar-refractivity contribution in [3.8, 4) is 0 Å². The van der Waals surface area contributed by atoms with Crippen molar-refractivity contribution in [2.24, 2.45) is 12.8 Å². The Morgan fingerprint density at radius 3 is 2.68 bits per heavy atom. The third kappa shape index (κ3) is 3.12. The minimum atomic E-state index is -0.0252. The number of nitrogens with zero attached hydrogens (tertiary/aromatic N) is 3. The van der Waals surface area contributed by atoms with Crippen LogP contribution in [0, 0.1) is 6.92 Å². The third-order valence-corrected chi connectivity index (χ3v) is 3.70. The molecule has 0 unspecified atom stereocenters. The highest BCUT2D eigenvalue weighted by Crippen LogP contribution is 2.24. The lowest BCUT2D eigenvalue weighted by atomic mass is 10.2. The number of hydrogen-bond donors (Lipinski definition) is 1. The zero-order valence-corrected chi connectivity index (χ0v) is 12.2. The SMILES string of the molecule is Cc1cc(C(=O)N(CC(N)=S)C2CCCC2)n(C)n1. The van der Waals surface area contributed by atoms with Crippen LogP contribution in [0.1, 0.15) is 41.9 Å². The molecular formula is C13H20N4OS. The first-order valence-corrected chi connectivity index (χ1v) is 7.00. The zero-order chi connectivity index (χ0) is 14.0. The molecule has 0 radical (unpaired) electrons. The number of aromatic nitrogens is 2. The Kier molecular flexibility index (Phi) is 4.19. The molecule has 1 amide bonds. The molecule has 104 valence electrons. The predicted molar refractivity (Wildman–Crippen MR) is 78.0 cm³/mol. The highest BCUT2D eigenvalue weighted by Gasteiger charge is 2.29. The van der Waals surface area contributed by atoms with Gasteiger partial charge in [-0.25, -0.2) is 0 Å². The van der Waals surface area contributed by atoms with Gasteiger partial charge in [0.25, 0.3) is 5.91 Å². The summed E-state index contributed by atoms with van der Waals surface area (Å²) in [5, 5.41) is 4.23. The van der Waals surface area contributed by atoms with E-state index >= 15 is 0 Å². The molecule has 0 aromatic carbocycles. The van der Waals surface area contributed by atoms with E-state index in [9.17, 15) is 4.79 Å². The van der Waals surface area contributed by atoms with E-state index in [0.717, 1.165) is 31.4 Å². The molecule has 1 aromatic rings. The van der Waals surface area contributed by atoms with Crippen LogP contribution in [0.15, 0.2) is 6.07 Å². The summed E-state index contributed by atoms with van der Waals surface area (Å²) in [4.78, 5) is 14.8. The van der Waals surface area contributed by atoms with Crippen LogP contribution >= 0.6 is 12.2 Å². The fourth-order valence-electron chi connectivity index (χ4n) is 2.71. The maximum absolute atomic E-state index is 12.7. The smallest absolute Gasteiger partial charge is 0.272 e. The van der Waals surface area contributed by atoms with Crippen molar-refractivity contribution in [3.05, 3.63) is 17.5 Å². The van der Waals surface area contributed by atoms with Crippen LogP contribution in [-0.4, -0.2) is 38.2 Å². The number of aryl methyl sites for hydroxylation is 2. The van der Waals surface area contributed by atoms with E-state index < -0.39 is 0 Å². The highest BCUT2D eigenvalue weighted by molar-refractivity contribution is 7.80. The van der Waals surface area contributed by atoms with Crippen LogP contribution in [0.5, 0.6) is 0 Å². The second-order valence-electron chi connectivity index (χ2n) is 5.13. The molecule has 0 atom stereocenters.